The lowest BCUT2D eigenvalue weighted by Crippen LogP contribution is -2.22. The number of anilines is 1. The second-order valence-corrected chi connectivity index (χ2v) is 4.90. The van der Waals surface area contributed by atoms with Gasteiger partial charge in [-0.3, -0.25) is 0 Å². The third-order valence-corrected chi connectivity index (χ3v) is 3.14. The Morgan fingerprint density at radius 2 is 2.05 bits per heavy atom. The van der Waals surface area contributed by atoms with Crippen molar-refractivity contribution in [2.45, 2.75) is 33.0 Å². The SMILES string of the molecule is CC(C)n1ncnc1CN(C)c1ccccc1CN. The Balaban J connectivity index is 2.21. The third-order valence-electron chi connectivity index (χ3n) is 3.14. The van der Waals surface area contributed by atoms with E-state index in [9.17, 15) is 0 Å². The molecule has 0 aliphatic heterocycles. The van der Waals surface area contributed by atoms with E-state index in [4.69, 9.17) is 5.73 Å². The van der Waals surface area contributed by atoms with E-state index in [1.807, 2.05) is 23.9 Å². The van der Waals surface area contributed by atoms with Crippen LogP contribution in [0.3, 0.4) is 0 Å². The van der Waals surface area contributed by atoms with E-state index < -0.39 is 0 Å². The number of hydrogen-bond acceptors (Lipinski definition) is 4. The first-order valence-electron chi connectivity index (χ1n) is 6.51. The van der Waals surface area contributed by atoms with E-state index in [2.05, 4.69) is 41.0 Å². The maximum atomic E-state index is 5.78. The van der Waals surface area contributed by atoms with Crippen LogP contribution in [0.1, 0.15) is 31.3 Å². The Labute approximate surface area is 114 Å². The van der Waals surface area contributed by atoms with Crippen LogP contribution < -0.4 is 10.6 Å². The zero-order valence-corrected chi connectivity index (χ0v) is 11.7. The fraction of sp³-hybridized carbons (Fsp3) is 0.429. The van der Waals surface area contributed by atoms with Gasteiger partial charge in [-0.05, 0) is 25.5 Å². The van der Waals surface area contributed by atoms with Crippen molar-refractivity contribution in [3.05, 3.63) is 42.0 Å². The number of nitrogens with two attached hydrogens (primary N) is 1. The summed E-state index contributed by atoms with van der Waals surface area (Å²) in [6.07, 6.45) is 1.61. The van der Waals surface area contributed by atoms with Gasteiger partial charge in [0.25, 0.3) is 0 Å². The van der Waals surface area contributed by atoms with E-state index in [-0.39, 0.29) is 0 Å². The largest absolute Gasteiger partial charge is 0.367 e. The topological polar surface area (TPSA) is 60.0 Å². The van der Waals surface area contributed by atoms with Crippen LogP contribution in [0.25, 0.3) is 0 Å². The number of hydrogen-bond donors (Lipinski definition) is 1. The standard InChI is InChI=1S/C14H21N5/c1-11(2)19-14(16-10-17-19)9-18(3)13-7-5-4-6-12(13)8-15/h4-7,10-11H,8-9,15H2,1-3H3. The maximum Gasteiger partial charge on any atom is 0.146 e. The molecule has 5 heteroatoms. The van der Waals surface area contributed by atoms with Gasteiger partial charge in [0.15, 0.2) is 0 Å². The van der Waals surface area contributed by atoms with Gasteiger partial charge in [-0.15, -0.1) is 0 Å². The van der Waals surface area contributed by atoms with E-state index in [1.54, 1.807) is 6.33 Å². The monoisotopic (exact) mass is 259 g/mol. The predicted molar refractivity (Wildman–Crippen MR) is 76.8 cm³/mol. The van der Waals surface area contributed by atoms with Crippen LogP contribution in [0.15, 0.2) is 30.6 Å². The molecule has 19 heavy (non-hydrogen) atoms. The minimum absolute atomic E-state index is 0.315. The highest BCUT2D eigenvalue weighted by Gasteiger charge is 2.12. The van der Waals surface area contributed by atoms with E-state index in [0.717, 1.165) is 23.6 Å². The zero-order valence-electron chi connectivity index (χ0n) is 11.7. The fourth-order valence-corrected chi connectivity index (χ4v) is 2.17. The molecule has 1 aromatic carbocycles. The van der Waals surface area contributed by atoms with Gasteiger partial charge in [0, 0.05) is 25.3 Å². The van der Waals surface area contributed by atoms with Gasteiger partial charge in [0.2, 0.25) is 0 Å². The molecule has 2 aromatic rings. The number of benzene rings is 1. The zero-order chi connectivity index (χ0) is 13.8. The van der Waals surface area contributed by atoms with Crippen LogP contribution in [0.4, 0.5) is 5.69 Å². The maximum absolute atomic E-state index is 5.78. The average molecular weight is 259 g/mol. The van der Waals surface area contributed by atoms with Crippen molar-refractivity contribution in [2.24, 2.45) is 5.73 Å². The van der Waals surface area contributed by atoms with Crippen molar-refractivity contribution < 1.29 is 0 Å². The van der Waals surface area contributed by atoms with Gasteiger partial charge in [0.05, 0.1) is 6.54 Å². The third kappa shape index (κ3) is 2.93. The Bertz CT molecular complexity index is 532. The normalized spacial score (nSPS) is 11.0. The Hall–Kier alpha value is -1.88. The summed E-state index contributed by atoms with van der Waals surface area (Å²) in [6, 6.07) is 8.49. The number of rotatable bonds is 5. The van der Waals surface area contributed by atoms with Gasteiger partial charge in [-0.2, -0.15) is 5.10 Å². The van der Waals surface area contributed by atoms with Crippen LogP contribution in [-0.4, -0.2) is 21.8 Å². The van der Waals surface area contributed by atoms with Crippen LogP contribution in [0, 0.1) is 0 Å². The fourth-order valence-electron chi connectivity index (χ4n) is 2.17. The van der Waals surface area contributed by atoms with Gasteiger partial charge < -0.3 is 10.6 Å². The van der Waals surface area contributed by atoms with E-state index >= 15 is 0 Å². The highest BCUT2D eigenvalue weighted by molar-refractivity contribution is 5.52. The van der Waals surface area contributed by atoms with Crippen molar-refractivity contribution in [1.29, 1.82) is 0 Å². The molecular weight excluding hydrogens is 238 g/mol. The molecule has 0 unspecified atom stereocenters. The first kappa shape index (κ1) is 13.5. The molecule has 1 heterocycles. The van der Waals surface area contributed by atoms with E-state index in [0.29, 0.717) is 12.6 Å². The van der Waals surface area contributed by atoms with Gasteiger partial charge in [-0.1, -0.05) is 18.2 Å². The summed E-state index contributed by atoms with van der Waals surface area (Å²) in [4.78, 5) is 6.50. The molecule has 0 bridgehead atoms. The van der Waals surface area contributed by atoms with Crippen molar-refractivity contribution in [3.8, 4) is 0 Å². The van der Waals surface area contributed by atoms with Gasteiger partial charge in [0.1, 0.15) is 12.2 Å². The van der Waals surface area contributed by atoms with Crippen LogP contribution in [0.5, 0.6) is 0 Å². The summed E-state index contributed by atoms with van der Waals surface area (Å²) in [5.74, 6) is 0.962. The molecule has 0 fully saturated rings. The van der Waals surface area contributed by atoms with Crippen molar-refractivity contribution >= 4 is 5.69 Å². The summed E-state index contributed by atoms with van der Waals surface area (Å²) in [5, 5.41) is 4.26. The highest BCUT2D eigenvalue weighted by Crippen LogP contribution is 2.20. The average Bonchev–Trinajstić information content (AvgIpc) is 2.87. The summed E-state index contributed by atoms with van der Waals surface area (Å²) in [5.41, 5.74) is 8.06. The Kier molecular flexibility index (Phi) is 4.16. The molecule has 0 radical (unpaired) electrons. The molecular formula is C14H21N5. The minimum Gasteiger partial charge on any atom is -0.367 e. The molecule has 0 spiro atoms. The first-order chi connectivity index (χ1) is 9.13. The number of nitrogens with zero attached hydrogens (tertiary/aromatic N) is 4. The molecule has 5 nitrogen and oxygen atoms in total. The molecule has 1 aromatic heterocycles. The molecule has 0 aliphatic rings. The molecule has 0 atom stereocenters. The molecule has 0 aliphatic carbocycles. The molecule has 2 rings (SSSR count). The predicted octanol–water partition coefficient (Wildman–Crippen LogP) is 1.95. The van der Waals surface area contributed by atoms with Crippen LogP contribution >= 0.6 is 0 Å². The Morgan fingerprint density at radius 3 is 2.74 bits per heavy atom. The number of aromatic nitrogens is 3. The highest BCUT2D eigenvalue weighted by atomic mass is 15.4. The molecule has 0 saturated heterocycles. The lowest BCUT2D eigenvalue weighted by molar-refractivity contribution is 0.503. The second kappa shape index (κ2) is 5.84. The van der Waals surface area contributed by atoms with Gasteiger partial charge in [-0.25, -0.2) is 9.67 Å². The Morgan fingerprint density at radius 1 is 1.32 bits per heavy atom. The van der Waals surface area contributed by atoms with Crippen molar-refractivity contribution in [2.75, 3.05) is 11.9 Å². The molecule has 2 N–H and O–H groups in total. The second-order valence-electron chi connectivity index (χ2n) is 4.90. The summed E-state index contributed by atoms with van der Waals surface area (Å²) >= 11 is 0. The quantitative estimate of drug-likeness (QED) is 0.891. The molecule has 102 valence electrons. The van der Waals surface area contributed by atoms with Crippen LogP contribution in [-0.2, 0) is 13.1 Å². The van der Waals surface area contributed by atoms with Crippen LogP contribution in [0.2, 0.25) is 0 Å². The number of para-hydroxylation sites is 1. The summed E-state index contributed by atoms with van der Waals surface area (Å²) < 4.78 is 1.95. The lowest BCUT2D eigenvalue weighted by Gasteiger charge is -2.22. The summed E-state index contributed by atoms with van der Waals surface area (Å²) in [7, 11) is 2.05. The molecule has 0 saturated carbocycles. The van der Waals surface area contributed by atoms with Crippen molar-refractivity contribution in [3.63, 3.8) is 0 Å². The van der Waals surface area contributed by atoms with E-state index in [1.165, 1.54) is 0 Å². The molecule has 0 amide bonds. The van der Waals surface area contributed by atoms with Crippen molar-refractivity contribution in [1.82, 2.24) is 14.8 Å². The first-order valence-corrected chi connectivity index (χ1v) is 6.51. The summed E-state index contributed by atoms with van der Waals surface area (Å²) in [6.45, 7) is 5.46. The minimum atomic E-state index is 0.315. The van der Waals surface area contributed by atoms with Gasteiger partial charge >= 0.3 is 0 Å². The smallest absolute Gasteiger partial charge is 0.146 e. The lowest BCUT2D eigenvalue weighted by atomic mass is 10.1.